The van der Waals surface area contributed by atoms with Gasteiger partial charge in [-0.2, -0.15) is 5.10 Å². The van der Waals surface area contributed by atoms with Gasteiger partial charge in [0.1, 0.15) is 5.82 Å². The van der Waals surface area contributed by atoms with E-state index in [-0.39, 0.29) is 23.7 Å². The van der Waals surface area contributed by atoms with E-state index in [9.17, 15) is 12.8 Å². The van der Waals surface area contributed by atoms with Crippen LogP contribution in [0.3, 0.4) is 0 Å². The molecule has 1 aromatic heterocycles. The molecule has 0 unspecified atom stereocenters. The monoisotopic (exact) mass is 308 g/mol. The van der Waals surface area contributed by atoms with Crippen molar-refractivity contribution in [1.82, 2.24) is 14.9 Å². The summed E-state index contributed by atoms with van der Waals surface area (Å²) in [5.74, 6) is 4.90. The highest BCUT2D eigenvalue weighted by Crippen LogP contribution is 2.11. The molecular weight excluding hydrogens is 295 g/mol. The number of nitrogens with zero attached hydrogens (tertiary/aromatic N) is 1. The fourth-order valence-corrected chi connectivity index (χ4v) is 2.50. The topological polar surface area (TPSA) is 101 Å². The van der Waals surface area contributed by atoms with Gasteiger partial charge in [-0.1, -0.05) is 11.8 Å². The number of nitrogens with two attached hydrogens (primary N) is 1. The first-order chi connectivity index (χ1) is 10.0. The largest absolute Gasteiger partial charge is 0.320 e. The number of hydrogen-bond donors (Lipinski definition) is 3. The molecule has 1 heterocycles. The Labute approximate surface area is 121 Å². The Morgan fingerprint density at radius 1 is 1.38 bits per heavy atom. The summed E-state index contributed by atoms with van der Waals surface area (Å²) in [6, 6.07) is 5.53. The molecule has 0 saturated carbocycles. The van der Waals surface area contributed by atoms with E-state index in [0.29, 0.717) is 5.56 Å². The van der Waals surface area contributed by atoms with Crippen LogP contribution in [0, 0.1) is 17.7 Å². The van der Waals surface area contributed by atoms with Crippen molar-refractivity contribution >= 4 is 10.0 Å². The maximum atomic E-state index is 13.7. The number of aromatic nitrogens is 2. The Balaban J connectivity index is 2.16. The standard InChI is InChI=1S/C13H13FN4O2S/c14-12-4-3-10(2-1-6-15)8-11(12)9-17-21(19,20)13-5-7-16-18-13/h3-5,7-8,17H,6,9,15H2,(H,16,18). The Kier molecular flexibility index (Phi) is 4.70. The molecule has 4 N–H and O–H groups in total. The van der Waals surface area contributed by atoms with Gasteiger partial charge in [-0.25, -0.2) is 17.5 Å². The molecule has 0 radical (unpaired) electrons. The van der Waals surface area contributed by atoms with Gasteiger partial charge in [0.25, 0.3) is 10.0 Å². The predicted molar refractivity (Wildman–Crippen MR) is 74.9 cm³/mol. The molecule has 21 heavy (non-hydrogen) atoms. The normalized spacial score (nSPS) is 11.0. The highest BCUT2D eigenvalue weighted by Gasteiger charge is 2.15. The van der Waals surface area contributed by atoms with Crippen LogP contribution in [0.1, 0.15) is 11.1 Å². The second kappa shape index (κ2) is 6.49. The van der Waals surface area contributed by atoms with Gasteiger partial charge in [-0.15, -0.1) is 0 Å². The van der Waals surface area contributed by atoms with Gasteiger partial charge in [-0.05, 0) is 24.3 Å². The lowest BCUT2D eigenvalue weighted by atomic mass is 10.1. The summed E-state index contributed by atoms with van der Waals surface area (Å²) in [4.78, 5) is 0. The lowest BCUT2D eigenvalue weighted by Crippen LogP contribution is -2.24. The maximum absolute atomic E-state index is 13.7. The molecule has 2 aromatic rings. The van der Waals surface area contributed by atoms with Crippen LogP contribution in [0.4, 0.5) is 4.39 Å². The number of H-pyrrole nitrogens is 1. The minimum absolute atomic E-state index is 0.0815. The Morgan fingerprint density at radius 3 is 2.86 bits per heavy atom. The van der Waals surface area contributed by atoms with E-state index in [1.165, 1.54) is 30.5 Å². The van der Waals surface area contributed by atoms with E-state index in [2.05, 4.69) is 26.8 Å². The Hall–Kier alpha value is -2.21. The lowest BCUT2D eigenvalue weighted by molar-refractivity contribution is 0.570. The number of benzene rings is 1. The molecule has 0 saturated heterocycles. The fourth-order valence-electron chi connectivity index (χ4n) is 1.58. The first-order valence-corrected chi connectivity index (χ1v) is 7.47. The quantitative estimate of drug-likeness (QED) is 0.709. The van der Waals surface area contributed by atoms with Crippen molar-refractivity contribution in [2.75, 3.05) is 6.54 Å². The van der Waals surface area contributed by atoms with Crippen molar-refractivity contribution in [2.24, 2.45) is 5.73 Å². The number of sulfonamides is 1. The summed E-state index contributed by atoms with van der Waals surface area (Å²) < 4.78 is 39.7. The third-order valence-electron chi connectivity index (χ3n) is 2.60. The van der Waals surface area contributed by atoms with Crippen LogP contribution in [0.5, 0.6) is 0 Å². The van der Waals surface area contributed by atoms with E-state index in [1.54, 1.807) is 0 Å². The third kappa shape index (κ3) is 3.88. The van der Waals surface area contributed by atoms with Crippen LogP contribution in [0.2, 0.25) is 0 Å². The number of aromatic amines is 1. The molecule has 2 rings (SSSR count). The second-order valence-corrected chi connectivity index (χ2v) is 5.79. The van der Waals surface area contributed by atoms with Crippen molar-refractivity contribution in [3.8, 4) is 11.8 Å². The number of halogens is 1. The SMILES string of the molecule is NCC#Cc1ccc(F)c(CNS(=O)(=O)c2ccn[nH]2)c1. The second-order valence-electron chi connectivity index (χ2n) is 4.06. The third-order valence-corrected chi connectivity index (χ3v) is 3.93. The minimum Gasteiger partial charge on any atom is -0.320 e. The number of rotatable bonds is 4. The maximum Gasteiger partial charge on any atom is 0.257 e. The average molecular weight is 308 g/mol. The van der Waals surface area contributed by atoms with Gasteiger partial charge in [0.15, 0.2) is 5.03 Å². The van der Waals surface area contributed by atoms with Crippen LogP contribution >= 0.6 is 0 Å². The summed E-state index contributed by atoms with van der Waals surface area (Å²) in [7, 11) is -3.75. The number of hydrogen-bond acceptors (Lipinski definition) is 4. The molecule has 110 valence electrons. The van der Waals surface area contributed by atoms with E-state index in [4.69, 9.17) is 5.73 Å². The van der Waals surface area contributed by atoms with E-state index < -0.39 is 15.8 Å². The van der Waals surface area contributed by atoms with Crippen molar-refractivity contribution in [2.45, 2.75) is 11.6 Å². The van der Waals surface area contributed by atoms with Crippen molar-refractivity contribution in [3.63, 3.8) is 0 Å². The highest BCUT2D eigenvalue weighted by atomic mass is 32.2. The molecule has 0 bridgehead atoms. The summed E-state index contributed by atoms with van der Waals surface area (Å²) in [5, 5.41) is 5.82. The van der Waals surface area contributed by atoms with Crippen molar-refractivity contribution < 1.29 is 12.8 Å². The Morgan fingerprint density at radius 2 is 2.19 bits per heavy atom. The molecule has 0 aliphatic carbocycles. The molecule has 0 fully saturated rings. The molecular formula is C13H13FN4O2S. The van der Waals surface area contributed by atoms with Gasteiger partial charge < -0.3 is 5.73 Å². The molecule has 0 atom stereocenters. The predicted octanol–water partition coefficient (Wildman–Crippen LogP) is 0.337. The summed E-state index contributed by atoms with van der Waals surface area (Å²) >= 11 is 0. The zero-order valence-corrected chi connectivity index (χ0v) is 11.7. The van der Waals surface area contributed by atoms with Gasteiger partial charge in [0.05, 0.1) is 12.7 Å². The van der Waals surface area contributed by atoms with Crippen LogP contribution in [0.25, 0.3) is 0 Å². The summed E-state index contributed by atoms with van der Waals surface area (Å²) in [5.41, 5.74) is 6.03. The summed E-state index contributed by atoms with van der Waals surface area (Å²) in [6.45, 7) is 0.00446. The zero-order chi connectivity index (χ0) is 15.3. The average Bonchev–Trinajstić information content (AvgIpc) is 3.00. The van der Waals surface area contributed by atoms with E-state index >= 15 is 0 Å². The first-order valence-electron chi connectivity index (χ1n) is 5.99. The van der Waals surface area contributed by atoms with E-state index in [0.717, 1.165) is 0 Å². The van der Waals surface area contributed by atoms with Crippen molar-refractivity contribution in [3.05, 3.63) is 47.4 Å². The molecule has 0 spiro atoms. The smallest absolute Gasteiger partial charge is 0.257 e. The molecule has 0 aliphatic rings. The van der Waals surface area contributed by atoms with Crippen molar-refractivity contribution in [1.29, 1.82) is 0 Å². The minimum atomic E-state index is -3.75. The van der Waals surface area contributed by atoms with Gasteiger partial charge in [-0.3, -0.25) is 5.10 Å². The molecule has 8 heteroatoms. The van der Waals surface area contributed by atoms with E-state index in [1.807, 2.05) is 0 Å². The zero-order valence-electron chi connectivity index (χ0n) is 10.9. The number of nitrogens with one attached hydrogen (secondary N) is 2. The van der Waals surface area contributed by atoms with Gasteiger partial charge in [0.2, 0.25) is 0 Å². The molecule has 1 aromatic carbocycles. The van der Waals surface area contributed by atoms with Gasteiger partial charge in [0, 0.05) is 17.7 Å². The highest BCUT2D eigenvalue weighted by molar-refractivity contribution is 7.89. The molecule has 6 nitrogen and oxygen atoms in total. The molecule has 0 amide bonds. The van der Waals surface area contributed by atoms with Crippen LogP contribution in [-0.4, -0.2) is 25.2 Å². The van der Waals surface area contributed by atoms with Gasteiger partial charge >= 0.3 is 0 Å². The summed E-state index contributed by atoms with van der Waals surface area (Å²) in [6.07, 6.45) is 1.32. The van der Waals surface area contributed by atoms with Crippen LogP contribution in [-0.2, 0) is 16.6 Å². The fraction of sp³-hybridized carbons (Fsp3) is 0.154. The lowest BCUT2D eigenvalue weighted by Gasteiger charge is -2.06. The Bertz CT molecular complexity index is 776. The van der Waals surface area contributed by atoms with Crippen LogP contribution < -0.4 is 10.5 Å². The first kappa shape index (κ1) is 15.2. The van der Waals surface area contributed by atoms with Crippen LogP contribution in [0.15, 0.2) is 35.5 Å². The molecule has 0 aliphatic heterocycles.